The van der Waals surface area contributed by atoms with E-state index in [1.165, 1.54) is 10.6 Å². The Labute approximate surface area is 156 Å². The Morgan fingerprint density at radius 3 is 2.61 bits per heavy atom. The van der Waals surface area contributed by atoms with Crippen molar-refractivity contribution in [3.63, 3.8) is 0 Å². The third-order valence-corrected chi connectivity index (χ3v) is 6.19. The number of nitrogens with two attached hydrogens (primary N) is 2. The molecule has 2 aromatic rings. The van der Waals surface area contributed by atoms with Gasteiger partial charge in [0, 0.05) is 39.9 Å². The molecule has 0 spiro atoms. The minimum Gasteiger partial charge on any atom is -0.397 e. The zero-order valence-corrected chi connectivity index (χ0v) is 16.5. The number of fused-ring (bicyclic) bond motifs is 1. The summed E-state index contributed by atoms with van der Waals surface area (Å²) in [4.78, 5) is 8.22. The molecule has 122 valence electrons. The molecule has 7 heteroatoms. The zero-order valence-electron chi connectivity index (χ0n) is 12.6. The van der Waals surface area contributed by atoms with E-state index in [2.05, 4.69) is 53.9 Å². The minimum atomic E-state index is 0.697. The number of nitrogens with zero attached hydrogens (tertiary/aromatic N) is 2. The van der Waals surface area contributed by atoms with Gasteiger partial charge in [-0.3, -0.25) is 4.90 Å². The fourth-order valence-corrected chi connectivity index (χ4v) is 4.74. The summed E-state index contributed by atoms with van der Waals surface area (Å²) in [7, 11) is 0. The van der Waals surface area contributed by atoms with Crippen LogP contribution in [0.25, 0.3) is 6.08 Å². The van der Waals surface area contributed by atoms with Gasteiger partial charge in [-0.2, -0.15) is 0 Å². The number of nitrogen functional groups attached to an aromatic ring is 2. The molecule has 1 aliphatic heterocycles. The molecule has 0 aliphatic carbocycles. The second-order valence-electron chi connectivity index (χ2n) is 5.52. The maximum atomic E-state index is 5.92. The zero-order chi connectivity index (χ0) is 16.4. The van der Waals surface area contributed by atoms with E-state index in [0.29, 0.717) is 5.13 Å². The highest BCUT2D eigenvalue weighted by atomic mass is 79.9. The van der Waals surface area contributed by atoms with Gasteiger partial charge in [-0.1, -0.05) is 12.2 Å². The number of thiazole rings is 1. The van der Waals surface area contributed by atoms with E-state index in [4.69, 9.17) is 11.5 Å². The summed E-state index contributed by atoms with van der Waals surface area (Å²) in [6, 6.07) is 4.06. The molecule has 0 atom stereocenters. The van der Waals surface area contributed by atoms with Crippen LogP contribution in [-0.2, 0) is 12.8 Å². The molecule has 0 radical (unpaired) electrons. The Morgan fingerprint density at radius 1 is 1.17 bits per heavy atom. The van der Waals surface area contributed by atoms with Crippen LogP contribution in [0.5, 0.6) is 0 Å². The lowest BCUT2D eigenvalue weighted by atomic mass is 10.2. The molecular formula is C16H18Br2N4S. The van der Waals surface area contributed by atoms with Crippen LogP contribution in [0.15, 0.2) is 27.2 Å². The van der Waals surface area contributed by atoms with E-state index in [-0.39, 0.29) is 0 Å². The van der Waals surface area contributed by atoms with Crippen molar-refractivity contribution >= 4 is 60.1 Å². The molecular weight excluding hydrogens is 440 g/mol. The van der Waals surface area contributed by atoms with Gasteiger partial charge >= 0.3 is 0 Å². The third-order valence-electron chi connectivity index (χ3n) is 3.89. The van der Waals surface area contributed by atoms with Crippen LogP contribution in [0.1, 0.15) is 16.1 Å². The van der Waals surface area contributed by atoms with Crippen molar-refractivity contribution < 1.29 is 0 Å². The van der Waals surface area contributed by atoms with Gasteiger partial charge in [-0.15, -0.1) is 11.3 Å². The standard InChI is InChI=1S/C16H18Br2N4S/c17-11-8-10(9-12(18)15(11)19)2-1-5-22-6-3-13-14(4-7-22)23-16(20)21-13/h1-2,8-9H,3-7,19H2,(H2,20,21)/b2-1+. The van der Waals surface area contributed by atoms with Crippen LogP contribution in [0.2, 0.25) is 0 Å². The molecule has 1 aromatic carbocycles. The van der Waals surface area contributed by atoms with E-state index < -0.39 is 0 Å². The largest absolute Gasteiger partial charge is 0.397 e. The molecule has 2 heterocycles. The number of benzene rings is 1. The number of hydrogen-bond donors (Lipinski definition) is 2. The molecule has 23 heavy (non-hydrogen) atoms. The minimum absolute atomic E-state index is 0.697. The third kappa shape index (κ3) is 4.15. The van der Waals surface area contributed by atoms with Gasteiger partial charge in [0.25, 0.3) is 0 Å². The highest BCUT2D eigenvalue weighted by Crippen LogP contribution is 2.30. The fourth-order valence-electron chi connectivity index (χ4n) is 2.65. The number of rotatable bonds is 3. The summed E-state index contributed by atoms with van der Waals surface area (Å²) < 4.78 is 1.82. The van der Waals surface area contributed by atoms with E-state index in [9.17, 15) is 0 Å². The topological polar surface area (TPSA) is 68.2 Å². The van der Waals surface area contributed by atoms with E-state index >= 15 is 0 Å². The predicted molar refractivity (Wildman–Crippen MR) is 106 cm³/mol. The SMILES string of the molecule is Nc1nc2c(s1)CCN(C/C=C/c1cc(Br)c(N)c(Br)c1)CC2. The molecule has 0 saturated heterocycles. The summed E-state index contributed by atoms with van der Waals surface area (Å²) in [5, 5.41) is 0.697. The van der Waals surface area contributed by atoms with E-state index in [0.717, 1.165) is 52.7 Å². The van der Waals surface area contributed by atoms with Crippen molar-refractivity contribution in [2.75, 3.05) is 31.1 Å². The van der Waals surface area contributed by atoms with Crippen molar-refractivity contribution in [1.82, 2.24) is 9.88 Å². The van der Waals surface area contributed by atoms with Gasteiger partial charge in [-0.25, -0.2) is 4.98 Å². The fraction of sp³-hybridized carbons (Fsp3) is 0.312. The van der Waals surface area contributed by atoms with Gasteiger partial charge in [0.2, 0.25) is 0 Å². The summed E-state index contributed by atoms with van der Waals surface area (Å²) in [5.74, 6) is 0. The maximum absolute atomic E-state index is 5.92. The van der Waals surface area contributed by atoms with E-state index in [1.54, 1.807) is 11.3 Å². The van der Waals surface area contributed by atoms with Gasteiger partial charge in [0.05, 0.1) is 11.4 Å². The van der Waals surface area contributed by atoms with Crippen LogP contribution < -0.4 is 11.5 Å². The van der Waals surface area contributed by atoms with Gasteiger partial charge in [0.1, 0.15) is 0 Å². The molecule has 0 unspecified atom stereocenters. The number of halogens is 2. The smallest absolute Gasteiger partial charge is 0.180 e. The van der Waals surface area contributed by atoms with Crippen molar-refractivity contribution in [1.29, 1.82) is 0 Å². The summed E-state index contributed by atoms with van der Waals surface area (Å²) in [5.41, 5.74) is 14.7. The normalized spacial score (nSPS) is 15.7. The molecule has 3 rings (SSSR count). The Morgan fingerprint density at radius 2 is 1.87 bits per heavy atom. The number of anilines is 2. The first-order valence-electron chi connectivity index (χ1n) is 7.40. The average molecular weight is 458 g/mol. The lowest BCUT2D eigenvalue weighted by Crippen LogP contribution is -2.26. The molecule has 0 saturated carbocycles. The van der Waals surface area contributed by atoms with Crippen molar-refractivity contribution in [2.45, 2.75) is 12.8 Å². The summed E-state index contributed by atoms with van der Waals surface area (Å²) in [6.07, 6.45) is 6.35. The van der Waals surface area contributed by atoms with Crippen molar-refractivity contribution in [2.24, 2.45) is 0 Å². The lowest BCUT2D eigenvalue weighted by Gasteiger charge is -2.17. The molecule has 0 fully saturated rings. The average Bonchev–Trinajstić information content (AvgIpc) is 2.76. The van der Waals surface area contributed by atoms with Crippen LogP contribution in [0.4, 0.5) is 10.8 Å². The van der Waals surface area contributed by atoms with E-state index in [1.807, 2.05) is 12.1 Å². The summed E-state index contributed by atoms with van der Waals surface area (Å²) >= 11 is 8.59. The Kier molecular flexibility index (Phi) is 5.41. The monoisotopic (exact) mass is 456 g/mol. The molecule has 4 nitrogen and oxygen atoms in total. The predicted octanol–water partition coefficient (Wildman–Crippen LogP) is 3.95. The molecule has 0 amide bonds. The number of hydrogen-bond acceptors (Lipinski definition) is 5. The summed E-state index contributed by atoms with van der Waals surface area (Å²) in [6.45, 7) is 3.01. The second-order valence-corrected chi connectivity index (χ2v) is 8.35. The van der Waals surface area contributed by atoms with Gasteiger partial charge < -0.3 is 11.5 Å². The van der Waals surface area contributed by atoms with Crippen LogP contribution in [0, 0.1) is 0 Å². The van der Waals surface area contributed by atoms with Gasteiger partial charge in [0.15, 0.2) is 5.13 Å². The van der Waals surface area contributed by atoms with Crippen molar-refractivity contribution in [3.05, 3.63) is 43.3 Å². The quantitative estimate of drug-likeness (QED) is 0.684. The molecule has 1 aliphatic rings. The second kappa shape index (κ2) is 7.34. The first-order valence-corrected chi connectivity index (χ1v) is 9.80. The first-order chi connectivity index (χ1) is 11.0. The molecule has 1 aromatic heterocycles. The van der Waals surface area contributed by atoms with Crippen LogP contribution >= 0.6 is 43.2 Å². The molecule has 0 bridgehead atoms. The number of aromatic nitrogens is 1. The van der Waals surface area contributed by atoms with Crippen LogP contribution in [0.3, 0.4) is 0 Å². The lowest BCUT2D eigenvalue weighted by molar-refractivity contribution is 0.318. The Balaban J connectivity index is 1.60. The molecule has 4 N–H and O–H groups in total. The Hall–Kier alpha value is -0.890. The van der Waals surface area contributed by atoms with Crippen molar-refractivity contribution in [3.8, 4) is 0 Å². The maximum Gasteiger partial charge on any atom is 0.180 e. The van der Waals surface area contributed by atoms with Crippen LogP contribution in [-0.4, -0.2) is 29.5 Å². The Bertz CT molecular complexity index is 693. The van der Waals surface area contributed by atoms with Gasteiger partial charge in [-0.05, 0) is 56.0 Å². The highest BCUT2D eigenvalue weighted by molar-refractivity contribution is 9.11. The highest BCUT2D eigenvalue weighted by Gasteiger charge is 2.16. The first kappa shape index (κ1) is 17.0.